The summed E-state index contributed by atoms with van der Waals surface area (Å²) in [5.74, 6) is 2.11. The maximum absolute atomic E-state index is 4.46. The van der Waals surface area contributed by atoms with Crippen LogP contribution >= 0.6 is 0 Å². The molecule has 1 aromatic rings. The van der Waals surface area contributed by atoms with Crippen LogP contribution in [0.2, 0.25) is 0 Å². The molecule has 0 aliphatic heterocycles. The highest BCUT2D eigenvalue weighted by atomic mass is 15.3. The first kappa shape index (κ1) is 11.5. The third kappa shape index (κ3) is 2.39. The van der Waals surface area contributed by atoms with Crippen molar-refractivity contribution in [1.29, 1.82) is 0 Å². The van der Waals surface area contributed by atoms with Crippen molar-refractivity contribution >= 4 is 5.82 Å². The number of nitrogens with one attached hydrogen (secondary N) is 1. The normalized spacial score (nSPS) is 24.9. The zero-order chi connectivity index (χ0) is 11.5. The Hall–Kier alpha value is -0.990. The molecular formula is C13H23N3. The van der Waals surface area contributed by atoms with Crippen molar-refractivity contribution in [2.24, 2.45) is 13.0 Å². The predicted molar refractivity (Wildman–Crippen MR) is 67.6 cm³/mol. The zero-order valence-corrected chi connectivity index (χ0v) is 10.7. The van der Waals surface area contributed by atoms with Gasteiger partial charge < -0.3 is 5.32 Å². The van der Waals surface area contributed by atoms with Crippen molar-refractivity contribution in [2.75, 3.05) is 5.32 Å². The van der Waals surface area contributed by atoms with Crippen molar-refractivity contribution in [2.45, 2.75) is 52.0 Å². The molecule has 0 aromatic carbocycles. The summed E-state index contributed by atoms with van der Waals surface area (Å²) in [5, 5.41) is 8.09. The highest BCUT2D eigenvalue weighted by molar-refractivity contribution is 5.38. The number of rotatable bonds is 4. The largest absolute Gasteiger partial charge is 0.368 e. The van der Waals surface area contributed by atoms with Gasteiger partial charge >= 0.3 is 0 Å². The molecular weight excluding hydrogens is 198 g/mol. The molecule has 1 aliphatic carbocycles. The van der Waals surface area contributed by atoms with Gasteiger partial charge in [-0.3, -0.25) is 4.68 Å². The van der Waals surface area contributed by atoms with E-state index in [4.69, 9.17) is 0 Å². The molecule has 0 radical (unpaired) electrons. The van der Waals surface area contributed by atoms with E-state index in [0.717, 1.165) is 12.3 Å². The summed E-state index contributed by atoms with van der Waals surface area (Å²) in [6.45, 7) is 4.45. The Morgan fingerprint density at radius 3 is 2.81 bits per heavy atom. The molecule has 1 N–H and O–H groups in total. The molecule has 1 heterocycles. The maximum Gasteiger partial charge on any atom is 0.124 e. The third-order valence-corrected chi connectivity index (χ3v) is 3.76. The minimum atomic E-state index is 0.657. The van der Waals surface area contributed by atoms with E-state index >= 15 is 0 Å². The van der Waals surface area contributed by atoms with E-state index < -0.39 is 0 Å². The Morgan fingerprint density at radius 2 is 2.25 bits per heavy atom. The first-order valence-corrected chi connectivity index (χ1v) is 6.52. The molecule has 1 aliphatic rings. The lowest BCUT2D eigenvalue weighted by Gasteiger charge is -2.13. The summed E-state index contributed by atoms with van der Waals surface area (Å²) in [6, 6.07) is 2.84. The summed E-state index contributed by atoms with van der Waals surface area (Å²) in [4.78, 5) is 0. The monoisotopic (exact) mass is 221 g/mol. The van der Waals surface area contributed by atoms with E-state index in [-0.39, 0.29) is 0 Å². The van der Waals surface area contributed by atoms with Crippen molar-refractivity contribution in [1.82, 2.24) is 9.78 Å². The highest BCUT2D eigenvalue weighted by Crippen LogP contribution is 2.30. The van der Waals surface area contributed by atoms with Crippen LogP contribution in [0.15, 0.2) is 6.07 Å². The van der Waals surface area contributed by atoms with E-state index in [1.807, 2.05) is 11.7 Å². The minimum Gasteiger partial charge on any atom is -0.368 e. The average molecular weight is 221 g/mol. The minimum absolute atomic E-state index is 0.657. The second-order valence-corrected chi connectivity index (χ2v) is 4.93. The van der Waals surface area contributed by atoms with Crippen LogP contribution in [-0.2, 0) is 13.5 Å². The predicted octanol–water partition coefficient (Wildman–Crippen LogP) is 2.97. The number of nitrogens with zero attached hydrogens (tertiary/aromatic N) is 2. The van der Waals surface area contributed by atoms with Crippen LogP contribution in [0.25, 0.3) is 0 Å². The lowest BCUT2D eigenvalue weighted by molar-refractivity contribution is 0.524. The number of hydrogen-bond acceptors (Lipinski definition) is 2. The lowest BCUT2D eigenvalue weighted by atomic mass is 10.1. The number of anilines is 1. The quantitative estimate of drug-likeness (QED) is 0.847. The van der Waals surface area contributed by atoms with Crippen molar-refractivity contribution < 1.29 is 0 Å². The molecule has 2 rings (SSSR count). The topological polar surface area (TPSA) is 29.9 Å². The van der Waals surface area contributed by atoms with Gasteiger partial charge in [0.05, 0.1) is 5.69 Å². The lowest BCUT2D eigenvalue weighted by Crippen LogP contribution is -2.17. The summed E-state index contributed by atoms with van der Waals surface area (Å²) in [6.07, 6.45) is 6.35. The van der Waals surface area contributed by atoms with E-state index in [9.17, 15) is 0 Å². The Bertz CT molecular complexity index is 343. The maximum atomic E-state index is 4.46. The van der Waals surface area contributed by atoms with Crippen LogP contribution in [0.1, 0.15) is 45.2 Å². The summed E-state index contributed by atoms with van der Waals surface area (Å²) in [5.41, 5.74) is 1.18. The van der Waals surface area contributed by atoms with Crippen LogP contribution < -0.4 is 5.32 Å². The van der Waals surface area contributed by atoms with Gasteiger partial charge in [-0.05, 0) is 31.6 Å². The van der Waals surface area contributed by atoms with Gasteiger partial charge in [-0.25, -0.2) is 0 Å². The molecule has 3 nitrogen and oxygen atoms in total. The Kier molecular flexibility index (Phi) is 3.52. The van der Waals surface area contributed by atoms with Gasteiger partial charge in [0.25, 0.3) is 0 Å². The van der Waals surface area contributed by atoms with Gasteiger partial charge in [0, 0.05) is 19.2 Å². The third-order valence-electron chi connectivity index (χ3n) is 3.76. The first-order chi connectivity index (χ1) is 7.72. The van der Waals surface area contributed by atoms with Gasteiger partial charge in [0.15, 0.2) is 0 Å². The second kappa shape index (κ2) is 4.89. The van der Waals surface area contributed by atoms with Crippen LogP contribution in [0.3, 0.4) is 0 Å². The smallest absolute Gasteiger partial charge is 0.124 e. The van der Waals surface area contributed by atoms with Gasteiger partial charge in [0.2, 0.25) is 0 Å². The van der Waals surface area contributed by atoms with Gasteiger partial charge in [-0.2, -0.15) is 5.10 Å². The molecule has 0 bridgehead atoms. The fourth-order valence-corrected chi connectivity index (χ4v) is 2.62. The average Bonchev–Trinajstić information content (AvgIpc) is 2.87. The van der Waals surface area contributed by atoms with Gasteiger partial charge in [-0.15, -0.1) is 0 Å². The van der Waals surface area contributed by atoms with Gasteiger partial charge in [0.1, 0.15) is 5.82 Å². The SMILES string of the molecule is CCc1cc(NC2CCC(CC)C2)n(C)n1. The van der Waals surface area contributed by atoms with Crippen molar-refractivity contribution in [3.05, 3.63) is 11.8 Å². The molecule has 2 unspecified atom stereocenters. The molecule has 3 heteroatoms. The van der Waals surface area contributed by atoms with Gasteiger partial charge in [-0.1, -0.05) is 20.3 Å². The number of aromatic nitrogens is 2. The fourth-order valence-electron chi connectivity index (χ4n) is 2.62. The molecule has 2 atom stereocenters. The van der Waals surface area contributed by atoms with Crippen molar-refractivity contribution in [3.63, 3.8) is 0 Å². The number of hydrogen-bond donors (Lipinski definition) is 1. The molecule has 1 aromatic heterocycles. The number of aryl methyl sites for hydroxylation is 2. The molecule has 0 saturated heterocycles. The Morgan fingerprint density at radius 1 is 1.44 bits per heavy atom. The van der Waals surface area contributed by atoms with E-state index in [2.05, 4.69) is 30.3 Å². The molecule has 16 heavy (non-hydrogen) atoms. The molecule has 1 saturated carbocycles. The molecule has 0 amide bonds. The zero-order valence-electron chi connectivity index (χ0n) is 10.7. The molecule has 0 spiro atoms. The van der Waals surface area contributed by atoms with Crippen molar-refractivity contribution in [3.8, 4) is 0 Å². The van der Waals surface area contributed by atoms with E-state index in [1.165, 1.54) is 37.2 Å². The van der Waals surface area contributed by atoms with Crippen LogP contribution in [0.4, 0.5) is 5.82 Å². The van der Waals surface area contributed by atoms with E-state index in [1.54, 1.807) is 0 Å². The fraction of sp³-hybridized carbons (Fsp3) is 0.769. The standard InChI is InChI=1S/C13H23N3/c1-4-10-6-7-12(8-10)14-13-9-11(5-2)15-16(13)3/h9-10,12,14H,4-8H2,1-3H3. The summed E-state index contributed by atoms with van der Waals surface area (Å²) >= 11 is 0. The first-order valence-electron chi connectivity index (χ1n) is 6.52. The molecule has 90 valence electrons. The van der Waals surface area contributed by atoms with Crippen LogP contribution in [0.5, 0.6) is 0 Å². The Labute approximate surface area is 98.2 Å². The van der Waals surface area contributed by atoms with Crippen LogP contribution in [-0.4, -0.2) is 15.8 Å². The Balaban J connectivity index is 1.96. The summed E-state index contributed by atoms with van der Waals surface area (Å²) < 4.78 is 1.97. The second-order valence-electron chi connectivity index (χ2n) is 4.93. The highest BCUT2D eigenvalue weighted by Gasteiger charge is 2.23. The van der Waals surface area contributed by atoms with Crippen LogP contribution in [0, 0.1) is 5.92 Å². The molecule has 1 fully saturated rings. The summed E-state index contributed by atoms with van der Waals surface area (Å²) in [7, 11) is 2.02. The van der Waals surface area contributed by atoms with E-state index in [0.29, 0.717) is 6.04 Å².